The first-order chi connectivity index (χ1) is 18.0. The highest BCUT2D eigenvalue weighted by atomic mass is 32.2. The van der Waals surface area contributed by atoms with E-state index >= 15 is 0 Å². The van der Waals surface area contributed by atoms with Crippen molar-refractivity contribution in [1.29, 1.82) is 0 Å². The van der Waals surface area contributed by atoms with E-state index in [1.807, 2.05) is 30.3 Å². The number of nitrogens with one attached hydrogen (secondary N) is 1. The molecular formula is C26H27N5O4S2. The first kappa shape index (κ1) is 25.4. The molecule has 1 amide bonds. The maximum Gasteiger partial charge on any atom is 0.267 e. The molecule has 2 fully saturated rings. The van der Waals surface area contributed by atoms with Crippen LogP contribution in [0.4, 0.5) is 5.82 Å². The van der Waals surface area contributed by atoms with Crippen molar-refractivity contribution in [2.24, 2.45) is 0 Å². The van der Waals surface area contributed by atoms with E-state index in [4.69, 9.17) is 26.7 Å². The summed E-state index contributed by atoms with van der Waals surface area (Å²) in [6.07, 6.45) is 3.29. The lowest BCUT2D eigenvalue weighted by Gasteiger charge is -2.26. The summed E-state index contributed by atoms with van der Waals surface area (Å²) in [7, 11) is 1.61. The summed E-state index contributed by atoms with van der Waals surface area (Å²) in [5.74, 6) is 0.958. The van der Waals surface area contributed by atoms with Gasteiger partial charge in [-0.05, 0) is 35.9 Å². The van der Waals surface area contributed by atoms with Crippen LogP contribution in [0.3, 0.4) is 0 Å². The normalized spacial score (nSPS) is 17.6. The van der Waals surface area contributed by atoms with Crippen LogP contribution in [0.5, 0.6) is 5.75 Å². The fourth-order valence-electron chi connectivity index (χ4n) is 4.21. The SMILES string of the molecule is COc1ccc(CN2C(=O)/C(=C/c3c(NCCN4CCOCC4)nc4ccccn4c3=O)SC2=S)cc1. The van der Waals surface area contributed by atoms with E-state index in [0.717, 1.165) is 44.2 Å². The van der Waals surface area contributed by atoms with Gasteiger partial charge in [-0.15, -0.1) is 0 Å². The highest BCUT2D eigenvalue weighted by molar-refractivity contribution is 8.26. The zero-order valence-electron chi connectivity index (χ0n) is 20.4. The number of benzene rings is 1. The first-order valence-corrected chi connectivity index (χ1v) is 13.2. The van der Waals surface area contributed by atoms with Crippen LogP contribution in [0, 0.1) is 0 Å². The number of aromatic nitrogens is 2. The number of amides is 1. The number of anilines is 1. The Hall–Kier alpha value is -3.25. The Morgan fingerprint density at radius 1 is 1.16 bits per heavy atom. The van der Waals surface area contributed by atoms with Crippen LogP contribution in [-0.2, 0) is 16.1 Å². The molecule has 2 aromatic heterocycles. The van der Waals surface area contributed by atoms with Crippen molar-refractivity contribution in [3.05, 3.63) is 75.0 Å². The van der Waals surface area contributed by atoms with Crippen LogP contribution >= 0.6 is 24.0 Å². The smallest absolute Gasteiger partial charge is 0.267 e. The van der Waals surface area contributed by atoms with Crippen LogP contribution in [0.25, 0.3) is 11.7 Å². The van der Waals surface area contributed by atoms with E-state index in [-0.39, 0.29) is 11.5 Å². The monoisotopic (exact) mass is 537 g/mol. The van der Waals surface area contributed by atoms with Crippen LogP contribution < -0.4 is 15.6 Å². The highest BCUT2D eigenvalue weighted by Crippen LogP contribution is 2.34. The summed E-state index contributed by atoms with van der Waals surface area (Å²) in [6.45, 7) is 4.93. The van der Waals surface area contributed by atoms with Crippen LogP contribution in [0.2, 0.25) is 0 Å². The molecule has 0 aliphatic carbocycles. The maximum absolute atomic E-state index is 13.5. The molecule has 5 rings (SSSR count). The van der Waals surface area contributed by atoms with Gasteiger partial charge in [0.1, 0.15) is 21.5 Å². The van der Waals surface area contributed by atoms with Gasteiger partial charge in [-0.2, -0.15) is 0 Å². The number of hydrogen-bond donors (Lipinski definition) is 1. The van der Waals surface area contributed by atoms with Crippen molar-refractivity contribution in [1.82, 2.24) is 19.2 Å². The number of pyridine rings is 1. The van der Waals surface area contributed by atoms with Gasteiger partial charge in [0, 0.05) is 32.4 Å². The summed E-state index contributed by atoms with van der Waals surface area (Å²) in [5, 5.41) is 3.33. The summed E-state index contributed by atoms with van der Waals surface area (Å²) in [4.78, 5) is 35.7. The molecule has 0 unspecified atom stereocenters. The van der Waals surface area contributed by atoms with Gasteiger partial charge in [0.2, 0.25) is 0 Å². The largest absolute Gasteiger partial charge is 0.497 e. The molecule has 0 spiro atoms. The Labute approximate surface area is 224 Å². The highest BCUT2D eigenvalue weighted by Gasteiger charge is 2.32. The number of ether oxygens (including phenoxy) is 2. The molecule has 1 aromatic carbocycles. The summed E-state index contributed by atoms with van der Waals surface area (Å²) in [6, 6.07) is 12.9. The predicted molar refractivity (Wildman–Crippen MR) is 149 cm³/mol. The fraction of sp³-hybridized carbons (Fsp3) is 0.308. The predicted octanol–water partition coefficient (Wildman–Crippen LogP) is 2.85. The lowest BCUT2D eigenvalue weighted by Crippen LogP contribution is -2.39. The minimum atomic E-state index is -0.250. The van der Waals surface area contributed by atoms with Crippen LogP contribution in [0.1, 0.15) is 11.1 Å². The van der Waals surface area contributed by atoms with Crippen LogP contribution in [0.15, 0.2) is 58.4 Å². The second-order valence-corrected chi connectivity index (χ2v) is 10.3. The Morgan fingerprint density at radius 3 is 2.70 bits per heavy atom. The number of carbonyl (C=O) groups is 1. The van der Waals surface area contributed by atoms with Crippen molar-refractivity contribution in [3.8, 4) is 5.75 Å². The van der Waals surface area contributed by atoms with E-state index in [0.29, 0.717) is 39.3 Å². The van der Waals surface area contributed by atoms with Crippen molar-refractivity contribution in [3.63, 3.8) is 0 Å². The zero-order valence-corrected chi connectivity index (χ0v) is 22.0. The molecule has 2 aliphatic rings. The average Bonchev–Trinajstić information content (AvgIpc) is 3.19. The zero-order chi connectivity index (χ0) is 25.8. The van der Waals surface area contributed by atoms with E-state index in [1.165, 1.54) is 16.2 Å². The molecule has 11 heteroatoms. The van der Waals surface area contributed by atoms with Crippen molar-refractivity contribution in [2.45, 2.75) is 6.54 Å². The average molecular weight is 538 g/mol. The Kier molecular flexibility index (Phi) is 7.85. The van der Waals surface area contributed by atoms with Crippen LogP contribution in [-0.4, -0.2) is 75.9 Å². The van der Waals surface area contributed by atoms with Gasteiger partial charge < -0.3 is 14.8 Å². The van der Waals surface area contributed by atoms with Gasteiger partial charge in [0.25, 0.3) is 11.5 Å². The first-order valence-electron chi connectivity index (χ1n) is 12.0. The summed E-state index contributed by atoms with van der Waals surface area (Å²) < 4.78 is 12.6. The molecule has 0 atom stereocenters. The number of rotatable bonds is 8. The van der Waals surface area contributed by atoms with E-state index in [2.05, 4.69) is 10.2 Å². The van der Waals surface area contributed by atoms with E-state index in [9.17, 15) is 9.59 Å². The quantitative estimate of drug-likeness (QED) is 0.344. The Bertz CT molecular complexity index is 1400. The lowest BCUT2D eigenvalue weighted by molar-refractivity contribution is -0.122. The second kappa shape index (κ2) is 11.4. The molecule has 1 N–H and O–H groups in total. The minimum Gasteiger partial charge on any atom is -0.497 e. The molecule has 4 heterocycles. The van der Waals surface area contributed by atoms with Crippen molar-refractivity contribution >= 4 is 51.7 Å². The fourth-order valence-corrected chi connectivity index (χ4v) is 5.44. The number of fused-ring (bicyclic) bond motifs is 1. The topological polar surface area (TPSA) is 88.4 Å². The number of carbonyl (C=O) groups excluding carboxylic acids is 1. The number of nitrogens with zero attached hydrogens (tertiary/aromatic N) is 4. The third-order valence-electron chi connectivity index (χ3n) is 6.24. The van der Waals surface area contributed by atoms with Crippen molar-refractivity contribution < 1.29 is 14.3 Å². The molecule has 192 valence electrons. The minimum absolute atomic E-state index is 0.234. The molecule has 3 aromatic rings. The molecule has 9 nitrogen and oxygen atoms in total. The Balaban J connectivity index is 1.41. The summed E-state index contributed by atoms with van der Waals surface area (Å²) in [5.41, 5.74) is 1.54. The van der Waals surface area contributed by atoms with Gasteiger partial charge >= 0.3 is 0 Å². The number of thioether (sulfide) groups is 1. The maximum atomic E-state index is 13.5. The van der Waals surface area contributed by atoms with E-state index in [1.54, 1.807) is 36.4 Å². The molecule has 37 heavy (non-hydrogen) atoms. The Morgan fingerprint density at radius 2 is 1.95 bits per heavy atom. The molecule has 0 radical (unpaired) electrons. The number of morpholine rings is 1. The van der Waals surface area contributed by atoms with Gasteiger partial charge in [0.15, 0.2) is 0 Å². The molecule has 2 saturated heterocycles. The van der Waals surface area contributed by atoms with Gasteiger partial charge in [-0.1, -0.05) is 42.2 Å². The molecule has 2 aliphatic heterocycles. The molecular weight excluding hydrogens is 510 g/mol. The molecule has 0 saturated carbocycles. The second-order valence-electron chi connectivity index (χ2n) is 8.60. The lowest BCUT2D eigenvalue weighted by atomic mass is 10.2. The molecule has 0 bridgehead atoms. The summed E-state index contributed by atoms with van der Waals surface area (Å²) >= 11 is 6.71. The third kappa shape index (κ3) is 5.69. The number of hydrogen-bond acceptors (Lipinski definition) is 9. The number of methoxy groups -OCH3 is 1. The standard InChI is InChI=1S/C26H27N5O4S2/c1-34-19-7-5-18(6-8-19)17-31-25(33)21(37-26(31)36)16-20-23(27-9-11-29-12-14-35-15-13-29)28-22-4-2-3-10-30(22)24(20)32/h2-8,10,16,27H,9,11-15,17H2,1H3/b21-16-. The van der Waals surface area contributed by atoms with Crippen molar-refractivity contribution in [2.75, 3.05) is 51.8 Å². The third-order valence-corrected chi connectivity index (χ3v) is 7.62. The van der Waals surface area contributed by atoms with Gasteiger partial charge in [-0.25, -0.2) is 4.98 Å². The van der Waals surface area contributed by atoms with E-state index < -0.39 is 0 Å². The van der Waals surface area contributed by atoms with Gasteiger partial charge in [-0.3, -0.25) is 23.8 Å². The van der Waals surface area contributed by atoms with Gasteiger partial charge in [0.05, 0.1) is 37.3 Å². The number of thiocarbonyl (C=S) groups is 1.